The Balaban J connectivity index is 1.96. The van der Waals surface area contributed by atoms with E-state index in [1.54, 1.807) is 0 Å². The lowest BCUT2D eigenvalue weighted by atomic mass is 10.1. The lowest BCUT2D eigenvalue weighted by Gasteiger charge is -2.10. The van der Waals surface area contributed by atoms with Gasteiger partial charge in [-0.15, -0.1) is 0 Å². The van der Waals surface area contributed by atoms with Crippen molar-refractivity contribution in [2.75, 3.05) is 0 Å². The summed E-state index contributed by atoms with van der Waals surface area (Å²) in [5, 5.41) is 5.28. The van der Waals surface area contributed by atoms with Crippen LogP contribution in [0.5, 0.6) is 0 Å². The third-order valence-electron chi connectivity index (χ3n) is 4.02. The van der Waals surface area contributed by atoms with Gasteiger partial charge in [0, 0.05) is 41.2 Å². The van der Waals surface area contributed by atoms with Gasteiger partial charge in [0.05, 0.1) is 6.20 Å². The molecular formula is C18H16ClN5. The van der Waals surface area contributed by atoms with Gasteiger partial charge in [0.25, 0.3) is 0 Å². The standard InChI is InChI=1S/C18H16ClN5/c1-3-16-20-8-9-23(16)17-10-12(2)22-18-15(11-21-24(17)18)13-4-6-14(19)7-5-13/h4-11H,3H2,1-2H3. The summed E-state index contributed by atoms with van der Waals surface area (Å²) in [6.45, 7) is 4.08. The summed E-state index contributed by atoms with van der Waals surface area (Å²) in [5.74, 6) is 1.93. The van der Waals surface area contributed by atoms with Crippen LogP contribution in [0.25, 0.3) is 22.6 Å². The van der Waals surface area contributed by atoms with Crippen molar-refractivity contribution in [3.63, 3.8) is 0 Å². The van der Waals surface area contributed by atoms with Crippen LogP contribution in [0.1, 0.15) is 18.4 Å². The topological polar surface area (TPSA) is 48.0 Å². The Morgan fingerprint density at radius 1 is 1.17 bits per heavy atom. The van der Waals surface area contributed by atoms with E-state index in [4.69, 9.17) is 16.6 Å². The minimum Gasteiger partial charge on any atom is -0.288 e. The van der Waals surface area contributed by atoms with Gasteiger partial charge in [0.2, 0.25) is 0 Å². The molecule has 0 aliphatic carbocycles. The van der Waals surface area contributed by atoms with Crippen LogP contribution in [-0.2, 0) is 6.42 Å². The van der Waals surface area contributed by atoms with E-state index in [9.17, 15) is 0 Å². The molecule has 0 saturated carbocycles. The third kappa shape index (κ3) is 2.37. The number of halogens is 1. The van der Waals surface area contributed by atoms with Gasteiger partial charge < -0.3 is 0 Å². The SMILES string of the molecule is CCc1nccn1-c1cc(C)nc2c(-c3ccc(Cl)cc3)cnn12. The van der Waals surface area contributed by atoms with Crippen LogP contribution in [0.3, 0.4) is 0 Å². The predicted octanol–water partition coefficient (Wildman–Crippen LogP) is 4.11. The highest BCUT2D eigenvalue weighted by Gasteiger charge is 2.14. The Kier molecular flexibility index (Phi) is 3.58. The fourth-order valence-electron chi connectivity index (χ4n) is 2.87. The zero-order valence-corrected chi connectivity index (χ0v) is 14.2. The lowest BCUT2D eigenvalue weighted by molar-refractivity contribution is 0.802. The van der Waals surface area contributed by atoms with E-state index in [0.29, 0.717) is 5.02 Å². The highest BCUT2D eigenvalue weighted by molar-refractivity contribution is 6.30. The molecule has 0 bridgehead atoms. The maximum atomic E-state index is 6.00. The van der Waals surface area contributed by atoms with Crippen LogP contribution in [-0.4, -0.2) is 24.1 Å². The van der Waals surface area contributed by atoms with Gasteiger partial charge >= 0.3 is 0 Å². The van der Waals surface area contributed by atoms with E-state index in [0.717, 1.165) is 40.5 Å². The Morgan fingerprint density at radius 3 is 2.71 bits per heavy atom. The van der Waals surface area contributed by atoms with Crippen molar-refractivity contribution in [1.82, 2.24) is 24.1 Å². The number of imidazole rings is 1. The van der Waals surface area contributed by atoms with Crippen molar-refractivity contribution >= 4 is 17.2 Å². The molecule has 0 unspecified atom stereocenters. The first-order valence-corrected chi connectivity index (χ1v) is 8.19. The largest absolute Gasteiger partial charge is 0.288 e. The zero-order valence-electron chi connectivity index (χ0n) is 13.4. The molecule has 5 nitrogen and oxygen atoms in total. The molecule has 4 rings (SSSR count). The molecule has 1 aromatic carbocycles. The van der Waals surface area contributed by atoms with Gasteiger partial charge in [-0.3, -0.25) is 4.57 Å². The first-order valence-electron chi connectivity index (χ1n) is 7.81. The summed E-state index contributed by atoms with van der Waals surface area (Å²) in [7, 11) is 0. The minimum atomic E-state index is 0.714. The van der Waals surface area contributed by atoms with Gasteiger partial charge in [-0.25, -0.2) is 9.97 Å². The van der Waals surface area contributed by atoms with Crippen LogP contribution >= 0.6 is 11.6 Å². The Morgan fingerprint density at radius 2 is 1.96 bits per heavy atom. The van der Waals surface area contributed by atoms with Crippen LogP contribution < -0.4 is 0 Å². The first kappa shape index (κ1) is 14.9. The molecular weight excluding hydrogens is 322 g/mol. The highest BCUT2D eigenvalue weighted by Crippen LogP contribution is 2.26. The number of nitrogens with zero attached hydrogens (tertiary/aromatic N) is 5. The summed E-state index contributed by atoms with van der Waals surface area (Å²) in [5.41, 5.74) is 3.78. The van der Waals surface area contributed by atoms with Crippen LogP contribution in [0.15, 0.2) is 48.9 Å². The number of aryl methyl sites for hydroxylation is 2. The molecule has 0 N–H and O–H groups in total. The van der Waals surface area contributed by atoms with Gasteiger partial charge in [0.15, 0.2) is 5.65 Å². The average molecular weight is 338 g/mol. The maximum absolute atomic E-state index is 6.00. The van der Waals surface area contributed by atoms with Gasteiger partial charge in [-0.1, -0.05) is 30.7 Å². The summed E-state index contributed by atoms with van der Waals surface area (Å²) in [6.07, 6.45) is 6.46. The minimum absolute atomic E-state index is 0.714. The average Bonchev–Trinajstić information content (AvgIpc) is 3.21. The number of hydrogen-bond donors (Lipinski definition) is 0. The van der Waals surface area contributed by atoms with E-state index in [-0.39, 0.29) is 0 Å². The highest BCUT2D eigenvalue weighted by atomic mass is 35.5. The summed E-state index contributed by atoms with van der Waals surface area (Å²) in [4.78, 5) is 9.10. The second-order valence-corrected chi connectivity index (χ2v) is 6.06. The van der Waals surface area contributed by atoms with Crippen molar-refractivity contribution in [2.45, 2.75) is 20.3 Å². The van der Waals surface area contributed by atoms with Gasteiger partial charge in [0.1, 0.15) is 11.6 Å². The molecule has 3 heterocycles. The van der Waals surface area contributed by atoms with Crippen LogP contribution in [0.4, 0.5) is 0 Å². The number of hydrogen-bond acceptors (Lipinski definition) is 3. The molecule has 24 heavy (non-hydrogen) atoms. The van der Waals surface area contributed by atoms with E-state index < -0.39 is 0 Å². The fourth-order valence-corrected chi connectivity index (χ4v) is 3.00. The van der Waals surface area contributed by atoms with Crippen molar-refractivity contribution < 1.29 is 0 Å². The zero-order chi connectivity index (χ0) is 16.7. The molecule has 120 valence electrons. The number of rotatable bonds is 3. The van der Waals surface area contributed by atoms with E-state index >= 15 is 0 Å². The molecule has 0 amide bonds. The normalized spacial score (nSPS) is 11.3. The molecule has 0 saturated heterocycles. The molecule has 6 heteroatoms. The van der Waals surface area contributed by atoms with E-state index in [1.807, 2.05) is 60.4 Å². The van der Waals surface area contributed by atoms with Gasteiger partial charge in [-0.2, -0.15) is 9.61 Å². The Bertz CT molecular complexity index is 1010. The third-order valence-corrected chi connectivity index (χ3v) is 4.27. The van der Waals surface area contributed by atoms with Crippen LogP contribution in [0.2, 0.25) is 5.02 Å². The molecule has 0 aliphatic rings. The fraction of sp³-hybridized carbons (Fsp3) is 0.167. The van der Waals surface area contributed by atoms with E-state index in [1.165, 1.54) is 0 Å². The molecule has 0 radical (unpaired) electrons. The van der Waals surface area contributed by atoms with Gasteiger partial charge in [-0.05, 0) is 24.6 Å². The van der Waals surface area contributed by atoms with Crippen molar-refractivity contribution in [1.29, 1.82) is 0 Å². The maximum Gasteiger partial charge on any atom is 0.165 e. The summed E-state index contributed by atoms with van der Waals surface area (Å²) < 4.78 is 3.91. The second-order valence-electron chi connectivity index (χ2n) is 5.62. The quantitative estimate of drug-likeness (QED) is 0.565. The molecule has 0 spiro atoms. The monoisotopic (exact) mass is 337 g/mol. The molecule has 0 fully saturated rings. The van der Waals surface area contributed by atoms with Crippen LogP contribution in [0, 0.1) is 6.92 Å². The number of fused-ring (bicyclic) bond motifs is 1. The number of benzene rings is 1. The number of aromatic nitrogens is 5. The first-order chi connectivity index (χ1) is 11.7. The van der Waals surface area contributed by atoms with Crippen molar-refractivity contribution in [2.24, 2.45) is 0 Å². The van der Waals surface area contributed by atoms with E-state index in [2.05, 4.69) is 21.6 Å². The molecule has 3 aromatic heterocycles. The molecule has 0 atom stereocenters. The van der Waals surface area contributed by atoms with Crippen molar-refractivity contribution in [3.8, 4) is 16.9 Å². The summed E-state index contributed by atoms with van der Waals surface area (Å²) in [6, 6.07) is 9.74. The molecule has 4 aromatic rings. The predicted molar refractivity (Wildman–Crippen MR) is 94.7 cm³/mol. The molecule has 0 aliphatic heterocycles. The second kappa shape index (κ2) is 5.76. The Labute approximate surface area is 144 Å². The van der Waals surface area contributed by atoms with Crippen molar-refractivity contribution in [3.05, 3.63) is 65.5 Å². The Hall–Kier alpha value is -2.66. The lowest BCUT2D eigenvalue weighted by Crippen LogP contribution is -2.08. The summed E-state index contributed by atoms with van der Waals surface area (Å²) >= 11 is 6.00. The smallest absolute Gasteiger partial charge is 0.165 e.